The fraction of sp³-hybridized carbons (Fsp3) is 0.208. The van der Waals surface area contributed by atoms with Gasteiger partial charge in [-0.3, -0.25) is 4.79 Å². The average Bonchev–Trinajstić information content (AvgIpc) is 2.78. The lowest BCUT2D eigenvalue weighted by Gasteiger charge is -2.12. The third kappa shape index (κ3) is 6.41. The second kappa shape index (κ2) is 10.2. The van der Waals surface area contributed by atoms with Gasteiger partial charge in [0.15, 0.2) is 6.61 Å². The highest BCUT2D eigenvalue weighted by molar-refractivity contribution is 7.89. The highest BCUT2D eigenvalue weighted by Crippen LogP contribution is 2.22. The Morgan fingerprint density at radius 2 is 1.52 bits per heavy atom. The Labute approximate surface area is 183 Å². The van der Waals surface area contributed by atoms with Crippen molar-refractivity contribution in [2.24, 2.45) is 0 Å². The predicted molar refractivity (Wildman–Crippen MR) is 123 cm³/mol. The van der Waals surface area contributed by atoms with Gasteiger partial charge in [0, 0.05) is 11.7 Å². The first-order valence-corrected chi connectivity index (χ1v) is 11.6. The number of carbonyl (C=O) groups excluding carboxylic acids is 1. The van der Waals surface area contributed by atoms with Crippen molar-refractivity contribution in [1.29, 1.82) is 0 Å². The van der Waals surface area contributed by atoms with Crippen molar-refractivity contribution >= 4 is 21.6 Å². The molecule has 0 saturated carbocycles. The molecule has 0 heterocycles. The zero-order chi connectivity index (χ0) is 22.3. The summed E-state index contributed by atoms with van der Waals surface area (Å²) in [6, 6.07) is 23.4. The number of sulfonamides is 1. The number of nitrogens with one attached hydrogen (secondary N) is 2. The summed E-state index contributed by atoms with van der Waals surface area (Å²) in [6.07, 6.45) is 0.697. The lowest BCUT2D eigenvalue weighted by atomic mass is 10.1. The van der Waals surface area contributed by atoms with Gasteiger partial charge in [0.25, 0.3) is 5.91 Å². The fourth-order valence-corrected chi connectivity index (χ4v) is 4.18. The highest BCUT2D eigenvalue weighted by Gasteiger charge is 2.16. The van der Waals surface area contributed by atoms with Crippen LogP contribution < -0.4 is 14.8 Å². The Morgan fingerprint density at radius 1 is 0.903 bits per heavy atom. The second-order valence-electron chi connectivity index (χ2n) is 7.18. The first kappa shape index (κ1) is 22.5. The Balaban J connectivity index is 1.53. The van der Waals surface area contributed by atoms with E-state index in [4.69, 9.17) is 4.74 Å². The molecule has 1 atom stereocenters. The van der Waals surface area contributed by atoms with Crippen LogP contribution in [0, 0.1) is 0 Å². The van der Waals surface area contributed by atoms with Gasteiger partial charge in [-0.25, -0.2) is 13.1 Å². The molecule has 0 fully saturated rings. The number of ether oxygens (including phenoxy) is 1. The lowest BCUT2D eigenvalue weighted by Crippen LogP contribution is -2.31. The molecular weight excluding hydrogens is 412 g/mol. The van der Waals surface area contributed by atoms with Gasteiger partial charge in [0.05, 0.1) is 4.90 Å². The van der Waals surface area contributed by atoms with E-state index in [1.807, 2.05) is 61.5 Å². The van der Waals surface area contributed by atoms with Crippen molar-refractivity contribution in [3.63, 3.8) is 0 Å². The maximum atomic E-state index is 12.3. The van der Waals surface area contributed by atoms with Crippen LogP contribution in [0.3, 0.4) is 0 Å². The number of carbonyl (C=O) groups is 1. The number of hydrogen-bond donors (Lipinski definition) is 2. The van der Waals surface area contributed by atoms with Gasteiger partial charge in [0.2, 0.25) is 10.0 Å². The molecule has 0 aliphatic heterocycles. The number of hydrogen-bond acceptors (Lipinski definition) is 4. The molecule has 0 aliphatic rings. The molecule has 3 rings (SSSR count). The van der Waals surface area contributed by atoms with Crippen molar-refractivity contribution < 1.29 is 17.9 Å². The summed E-state index contributed by atoms with van der Waals surface area (Å²) in [5.74, 6) is 0.257. The summed E-state index contributed by atoms with van der Waals surface area (Å²) in [7, 11) is -3.57. The van der Waals surface area contributed by atoms with Gasteiger partial charge in [0.1, 0.15) is 5.75 Å². The minimum absolute atomic E-state index is 0.150. The Morgan fingerprint density at radius 3 is 2.13 bits per heavy atom. The molecular formula is C24H26N2O4S. The van der Waals surface area contributed by atoms with Gasteiger partial charge in [-0.1, -0.05) is 49.4 Å². The summed E-state index contributed by atoms with van der Waals surface area (Å²) < 4.78 is 32.7. The molecule has 162 valence electrons. The number of benzene rings is 3. The largest absolute Gasteiger partial charge is 0.484 e. The Bertz CT molecular complexity index is 1100. The van der Waals surface area contributed by atoms with Crippen molar-refractivity contribution in [3.8, 4) is 16.9 Å². The summed E-state index contributed by atoms with van der Waals surface area (Å²) in [6.45, 7) is 3.56. The average molecular weight is 439 g/mol. The van der Waals surface area contributed by atoms with Crippen molar-refractivity contribution in [3.05, 3.63) is 78.9 Å². The summed E-state index contributed by atoms with van der Waals surface area (Å²) >= 11 is 0. The van der Waals surface area contributed by atoms with Gasteiger partial charge < -0.3 is 10.1 Å². The molecule has 2 N–H and O–H groups in total. The van der Waals surface area contributed by atoms with E-state index < -0.39 is 10.0 Å². The molecule has 0 aromatic heterocycles. The van der Waals surface area contributed by atoms with Gasteiger partial charge in [-0.15, -0.1) is 0 Å². The Kier molecular flexibility index (Phi) is 7.44. The molecule has 1 amide bonds. The standard InChI is InChI=1S/C24H26N2O4S/c1-3-18(2)26-31(28,29)23-15-11-21(12-16-23)25-24(27)17-30-22-13-9-20(10-14-22)19-7-5-4-6-8-19/h4-16,18,26H,3,17H2,1-2H3,(H,25,27). The summed E-state index contributed by atoms with van der Waals surface area (Å²) in [5, 5.41) is 2.70. The van der Waals surface area contributed by atoms with Crippen LogP contribution in [0.15, 0.2) is 83.8 Å². The van der Waals surface area contributed by atoms with Crippen molar-refractivity contribution in [2.75, 3.05) is 11.9 Å². The first-order valence-electron chi connectivity index (χ1n) is 10.1. The predicted octanol–water partition coefficient (Wildman–Crippen LogP) is 4.45. The van der Waals surface area contributed by atoms with E-state index in [1.165, 1.54) is 12.1 Å². The molecule has 7 heteroatoms. The molecule has 3 aromatic carbocycles. The molecule has 6 nitrogen and oxygen atoms in total. The van der Waals surface area contributed by atoms with Crippen LogP contribution in [0.25, 0.3) is 11.1 Å². The molecule has 0 saturated heterocycles. The maximum Gasteiger partial charge on any atom is 0.262 e. The van der Waals surface area contributed by atoms with Crippen molar-refractivity contribution in [2.45, 2.75) is 31.2 Å². The van der Waals surface area contributed by atoms with Crippen molar-refractivity contribution in [1.82, 2.24) is 4.72 Å². The molecule has 31 heavy (non-hydrogen) atoms. The third-order valence-corrected chi connectivity index (χ3v) is 6.35. The van der Waals surface area contributed by atoms with Crippen LogP contribution in [-0.4, -0.2) is 27.0 Å². The zero-order valence-electron chi connectivity index (χ0n) is 17.5. The molecule has 0 aliphatic carbocycles. The van der Waals surface area contributed by atoms with E-state index in [2.05, 4.69) is 10.0 Å². The summed E-state index contributed by atoms with van der Waals surface area (Å²) in [5.41, 5.74) is 2.67. The number of anilines is 1. The van der Waals surface area contributed by atoms with E-state index in [-0.39, 0.29) is 23.5 Å². The van der Waals surface area contributed by atoms with Gasteiger partial charge >= 0.3 is 0 Å². The zero-order valence-corrected chi connectivity index (χ0v) is 18.4. The van der Waals surface area contributed by atoms with E-state index in [0.717, 1.165) is 11.1 Å². The summed E-state index contributed by atoms with van der Waals surface area (Å²) in [4.78, 5) is 12.3. The van der Waals surface area contributed by atoms with E-state index >= 15 is 0 Å². The third-order valence-electron chi connectivity index (χ3n) is 4.75. The molecule has 0 bridgehead atoms. The molecule has 0 radical (unpaired) electrons. The minimum atomic E-state index is -3.57. The highest BCUT2D eigenvalue weighted by atomic mass is 32.2. The SMILES string of the molecule is CCC(C)NS(=O)(=O)c1ccc(NC(=O)COc2ccc(-c3ccccc3)cc2)cc1. The lowest BCUT2D eigenvalue weighted by molar-refractivity contribution is -0.118. The normalized spacial score (nSPS) is 12.2. The number of rotatable bonds is 9. The van der Waals surface area contributed by atoms with E-state index in [0.29, 0.717) is 17.9 Å². The van der Waals surface area contributed by atoms with Gasteiger partial charge in [-0.2, -0.15) is 0 Å². The molecule has 0 spiro atoms. The number of amides is 1. The first-order chi connectivity index (χ1) is 14.9. The van der Waals surface area contributed by atoms with Crippen LogP contribution in [0.1, 0.15) is 20.3 Å². The van der Waals surface area contributed by atoms with E-state index in [1.54, 1.807) is 19.1 Å². The second-order valence-corrected chi connectivity index (χ2v) is 8.90. The quantitative estimate of drug-likeness (QED) is 0.517. The molecule has 3 aromatic rings. The molecule has 1 unspecified atom stereocenters. The van der Waals surface area contributed by atoms with Crippen LogP contribution in [0.2, 0.25) is 0 Å². The fourth-order valence-electron chi connectivity index (χ4n) is 2.85. The topological polar surface area (TPSA) is 84.5 Å². The monoisotopic (exact) mass is 438 g/mol. The van der Waals surface area contributed by atoms with Crippen LogP contribution in [-0.2, 0) is 14.8 Å². The van der Waals surface area contributed by atoms with Crippen LogP contribution in [0.5, 0.6) is 5.75 Å². The van der Waals surface area contributed by atoms with E-state index in [9.17, 15) is 13.2 Å². The Hall–Kier alpha value is -3.16. The van der Waals surface area contributed by atoms with Gasteiger partial charge in [-0.05, 0) is 60.9 Å². The van der Waals surface area contributed by atoms with Crippen LogP contribution >= 0.6 is 0 Å². The maximum absolute atomic E-state index is 12.3. The smallest absolute Gasteiger partial charge is 0.262 e. The van der Waals surface area contributed by atoms with Crippen LogP contribution in [0.4, 0.5) is 5.69 Å². The minimum Gasteiger partial charge on any atom is -0.484 e.